The zero-order valence-electron chi connectivity index (χ0n) is 15.3. The Kier molecular flexibility index (Phi) is 4.16. The molecule has 3 heterocycles. The number of hydrogen-bond acceptors (Lipinski definition) is 6. The summed E-state index contributed by atoms with van der Waals surface area (Å²) in [4.78, 5) is 37.8. The van der Waals surface area contributed by atoms with Crippen LogP contribution in [0, 0.1) is 11.3 Å². The SMILES string of the molecule is COC(=O)C(=O)N1C[C@H]2CC1c1c(O)n(-c3ccc(C#N)c(C(F)(F)F)c3)c(=O)n12. The Morgan fingerprint density at radius 3 is 2.63 bits per heavy atom. The summed E-state index contributed by atoms with van der Waals surface area (Å²) >= 11 is 0. The number of alkyl halides is 3. The summed E-state index contributed by atoms with van der Waals surface area (Å²) in [5.74, 6) is -2.67. The van der Waals surface area contributed by atoms with Gasteiger partial charge in [0.25, 0.3) is 0 Å². The second kappa shape index (κ2) is 6.38. The number of nitriles is 1. The molecule has 1 saturated heterocycles. The zero-order valence-corrected chi connectivity index (χ0v) is 15.3. The van der Waals surface area contributed by atoms with Crippen molar-refractivity contribution in [1.29, 1.82) is 5.26 Å². The lowest BCUT2D eigenvalue weighted by Crippen LogP contribution is -2.41. The number of likely N-dealkylation sites (tertiary alicyclic amines) is 1. The molecule has 2 atom stereocenters. The quantitative estimate of drug-likeness (QED) is 0.546. The maximum Gasteiger partial charge on any atom is 0.417 e. The monoisotopic (exact) mass is 422 g/mol. The summed E-state index contributed by atoms with van der Waals surface area (Å²) in [7, 11) is 1.04. The number of benzene rings is 1. The van der Waals surface area contributed by atoms with Gasteiger partial charge in [-0.05, 0) is 24.6 Å². The van der Waals surface area contributed by atoms with Crippen molar-refractivity contribution in [2.75, 3.05) is 13.7 Å². The fourth-order valence-electron chi connectivity index (χ4n) is 4.11. The third-order valence-corrected chi connectivity index (χ3v) is 5.37. The fraction of sp³-hybridized carbons (Fsp3) is 0.333. The first-order valence-electron chi connectivity index (χ1n) is 8.66. The molecule has 1 amide bonds. The molecule has 2 aliphatic rings. The summed E-state index contributed by atoms with van der Waals surface area (Å²) in [6.45, 7) is 0.0239. The van der Waals surface area contributed by atoms with Crippen molar-refractivity contribution in [3.8, 4) is 17.6 Å². The summed E-state index contributed by atoms with van der Waals surface area (Å²) in [5, 5.41) is 19.6. The van der Waals surface area contributed by atoms with E-state index in [1.807, 2.05) is 0 Å². The fourth-order valence-corrected chi connectivity index (χ4v) is 4.11. The Morgan fingerprint density at radius 1 is 1.33 bits per heavy atom. The number of imidazole rings is 1. The van der Waals surface area contributed by atoms with Crippen LogP contribution in [-0.2, 0) is 20.5 Å². The first kappa shape index (κ1) is 19.6. The lowest BCUT2D eigenvalue weighted by atomic mass is 10.1. The Labute approximate surface area is 166 Å². The van der Waals surface area contributed by atoms with E-state index in [4.69, 9.17) is 5.26 Å². The first-order chi connectivity index (χ1) is 14.1. The van der Waals surface area contributed by atoms with Crippen molar-refractivity contribution in [2.24, 2.45) is 0 Å². The third-order valence-electron chi connectivity index (χ3n) is 5.37. The molecule has 1 fully saturated rings. The first-order valence-corrected chi connectivity index (χ1v) is 8.66. The largest absolute Gasteiger partial charge is 0.493 e. The van der Waals surface area contributed by atoms with E-state index >= 15 is 0 Å². The topological polar surface area (TPSA) is 118 Å². The Balaban J connectivity index is 1.83. The number of aromatic hydroxyl groups is 1. The van der Waals surface area contributed by atoms with Gasteiger partial charge < -0.3 is 14.7 Å². The number of carbonyl (C=O) groups is 2. The molecule has 0 radical (unpaired) electrons. The van der Waals surface area contributed by atoms with Gasteiger partial charge in [-0.2, -0.15) is 18.4 Å². The maximum atomic E-state index is 13.3. The smallest absolute Gasteiger partial charge is 0.417 e. The number of ether oxygens (including phenoxy) is 1. The highest BCUT2D eigenvalue weighted by atomic mass is 19.4. The average Bonchev–Trinajstić information content (AvgIpc) is 3.37. The van der Waals surface area contributed by atoms with Crippen LogP contribution in [0.3, 0.4) is 0 Å². The molecule has 2 bridgehead atoms. The van der Waals surface area contributed by atoms with Gasteiger partial charge in [0, 0.05) is 6.54 Å². The van der Waals surface area contributed by atoms with Crippen LogP contribution in [0.5, 0.6) is 5.88 Å². The lowest BCUT2D eigenvalue weighted by molar-refractivity contribution is -0.159. The lowest BCUT2D eigenvalue weighted by Gasteiger charge is -2.26. The number of hydrogen-bond donors (Lipinski definition) is 1. The van der Waals surface area contributed by atoms with E-state index in [0.717, 1.165) is 24.1 Å². The molecule has 1 unspecified atom stereocenters. The van der Waals surface area contributed by atoms with Crippen molar-refractivity contribution < 1.29 is 32.6 Å². The predicted molar refractivity (Wildman–Crippen MR) is 91.5 cm³/mol. The number of amides is 1. The number of methoxy groups -OCH3 is 1. The summed E-state index contributed by atoms with van der Waals surface area (Å²) in [6.07, 6.45) is -4.56. The minimum Gasteiger partial charge on any atom is -0.493 e. The number of halogens is 3. The van der Waals surface area contributed by atoms with E-state index in [0.29, 0.717) is 10.6 Å². The van der Waals surface area contributed by atoms with Gasteiger partial charge in [0.15, 0.2) is 0 Å². The van der Waals surface area contributed by atoms with Crippen molar-refractivity contribution in [2.45, 2.75) is 24.7 Å². The third kappa shape index (κ3) is 2.58. The molecule has 0 saturated carbocycles. The molecule has 1 aromatic heterocycles. The van der Waals surface area contributed by atoms with Crippen LogP contribution in [0.2, 0.25) is 0 Å². The zero-order chi connectivity index (χ0) is 22.0. The summed E-state index contributed by atoms with van der Waals surface area (Å²) in [5.41, 5.74) is -2.90. The van der Waals surface area contributed by atoms with Crippen LogP contribution in [0.15, 0.2) is 23.0 Å². The van der Waals surface area contributed by atoms with Crippen LogP contribution in [0.1, 0.15) is 35.3 Å². The molecular weight excluding hydrogens is 409 g/mol. The van der Waals surface area contributed by atoms with Gasteiger partial charge in [-0.3, -0.25) is 9.36 Å². The van der Waals surface area contributed by atoms with E-state index in [-0.39, 0.29) is 24.3 Å². The van der Waals surface area contributed by atoms with E-state index in [9.17, 15) is 32.7 Å². The Hall–Kier alpha value is -3.75. The van der Waals surface area contributed by atoms with Gasteiger partial charge in [-0.15, -0.1) is 0 Å². The predicted octanol–water partition coefficient (Wildman–Crippen LogP) is 1.24. The van der Waals surface area contributed by atoms with Gasteiger partial charge in [-0.25, -0.2) is 14.2 Å². The second-order valence-electron chi connectivity index (χ2n) is 6.89. The van der Waals surface area contributed by atoms with Crippen LogP contribution in [-0.4, -0.2) is 44.7 Å². The van der Waals surface area contributed by atoms with Gasteiger partial charge >= 0.3 is 23.7 Å². The molecule has 9 nitrogen and oxygen atoms in total. The van der Waals surface area contributed by atoms with Crippen LogP contribution < -0.4 is 5.69 Å². The van der Waals surface area contributed by atoms with E-state index in [1.165, 1.54) is 10.6 Å². The van der Waals surface area contributed by atoms with Crippen LogP contribution in [0.25, 0.3) is 5.69 Å². The number of carbonyl (C=O) groups excluding carboxylic acids is 2. The molecule has 30 heavy (non-hydrogen) atoms. The van der Waals surface area contributed by atoms with E-state index in [1.54, 1.807) is 0 Å². The molecular formula is C18H13F3N4O5. The van der Waals surface area contributed by atoms with E-state index < -0.39 is 52.8 Å². The molecule has 12 heteroatoms. The molecule has 1 aromatic carbocycles. The molecule has 0 spiro atoms. The highest BCUT2D eigenvalue weighted by molar-refractivity contribution is 6.32. The molecule has 2 aliphatic heterocycles. The minimum absolute atomic E-state index is 0.0239. The second-order valence-corrected chi connectivity index (χ2v) is 6.89. The average molecular weight is 422 g/mol. The minimum atomic E-state index is -4.84. The number of esters is 1. The van der Waals surface area contributed by atoms with Gasteiger partial charge in [-0.1, -0.05) is 0 Å². The Morgan fingerprint density at radius 2 is 2.03 bits per heavy atom. The molecule has 2 aromatic rings. The van der Waals surface area contributed by atoms with Crippen LogP contribution >= 0.6 is 0 Å². The highest BCUT2D eigenvalue weighted by Gasteiger charge is 2.50. The summed E-state index contributed by atoms with van der Waals surface area (Å²) < 4.78 is 46.2. The number of fused-ring (bicyclic) bond motifs is 5. The molecule has 0 aliphatic carbocycles. The maximum absolute atomic E-state index is 13.3. The highest BCUT2D eigenvalue weighted by Crippen LogP contribution is 2.48. The van der Waals surface area contributed by atoms with Gasteiger partial charge in [0.05, 0.1) is 42.1 Å². The summed E-state index contributed by atoms with van der Waals surface area (Å²) in [6, 6.07) is 2.74. The van der Waals surface area contributed by atoms with Gasteiger partial charge in [0.2, 0.25) is 5.88 Å². The molecule has 4 rings (SSSR count). The number of nitrogens with zero attached hydrogens (tertiary/aromatic N) is 4. The van der Waals surface area contributed by atoms with Gasteiger partial charge in [0.1, 0.15) is 5.69 Å². The van der Waals surface area contributed by atoms with Crippen molar-refractivity contribution in [3.63, 3.8) is 0 Å². The number of aromatic nitrogens is 2. The van der Waals surface area contributed by atoms with Crippen molar-refractivity contribution in [3.05, 3.63) is 45.5 Å². The number of rotatable bonds is 1. The van der Waals surface area contributed by atoms with Crippen molar-refractivity contribution in [1.82, 2.24) is 14.0 Å². The van der Waals surface area contributed by atoms with Crippen molar-refractivity contribution >= 4 is 11.9 Å². The van der Waals surface area contributed by atoms with E-state index in [2.05, 4.69) is 4.74 Å². The normalized spacial score (nSPS) is 19.5. The Bertz CT molecular complexity index is 1190. The molecule has 1 N–H and O–H groups in total. The standard InChI is InChI=1S/C18H13F3N4O5/c1-30-16(28)15(27)23-7-10-5-12(23)13-14(26)25(17(29)24(10)13)9-3-2-8(6-22)11(4-9)18(19,20)21/h2-4,10,12,26H,5,7H2,1H3/t10-,12?/m1/s1. The molecule has 156 valence electrons. The van der Waals surface area contributed by atoms with Crippen LogP contribution in [0.4, 0.5) is 13.2 Å².